The van der Waals surface area contributed by atoms with Crippen LogP contribution in [0.4, 0.5) is 5.69 Å². The Kier molecular flexibility index (Phi) is 4.77. The quantitative estimate of drug-likeness (QED) is 0.634. The average Bonchev–Trinajstić information content (AvgIpc) is 3.51. The van der Waals surface area contributed by atoms with Crippen molar-refractivity contribution >= 4 is 17.5 Å². The number of para-hydroxylation sites is 2. The number of amides is 2. The van der Waals surface area contributed by atoms with Crippen LogP contribution in [0, 0.1) is 0 Å². The molecule has 1 aromatic heterocycles. The SMILES string of the molecule is COc1ccc([C@@H]2c3cccn3-c3ccccc3N2C(=O)CN(C(C)=O)C2CC2)cc1. The van der Waals surface area contributed by atoms with Crippen molar-refractivity contribution in [1.82, 2.24) is 9.47 Å². The maximum atomic E-state index is 13.7. The number of rotatable bonds is 5. The van der Waals surface area contributed by atoms with E-state index in [2.05, 4.69) is 10.6 Å². The molecule has 1 saturated carbocycles. The Hall–Kier alpha value is -3.54. The second-order valence-corrected chi connectivity index (χ2v) is 8.11. The van der Waals surface area contributed by atoms with Gasteiger partial charge in [-0.15, -0.1) is 0 Å². The maximum absolute atomic E-state index is 13.7. The van der Waals surface area contributed by atoms with Crippen LogP contribution < -0.4 is 9.64 Å². The van der Waals surface area contributed by atoms with Gasteiger partial charge in [0.05, 0.1) is 24.2 Å². The number of carbonyl (C=O) groups excluding carboxylic acids is 2. The van der Waals surface area contributed by atoms with Gasteiger partial charge < -0.3 is 14.2 Å². The molecule has 31 heavy (non-hydrogen) atoms. The number of hydrogen-bond donors (Lipinski definition) is 0. The molecule has 2 aromatic carbocycles. The topological polar surface area (TPSA) is 54.8 Å². The molecule has 1 atom stereocenters. The van der Waals surface area contributed by atoms with E-state index in [1.807, 2.05) is 65.7 Å². The van der Waals surface area contributed by atoms with Gasteiger partial charge in [-0.2, -0.15) is 0 Å². The summed E-state index contributed by atoms with van der Waals surface area (Å²) in [5.74, 6) is 0.637. The highest BCUT2D eigenvalue weighted by molar-refractivity contribution is 6.00. The molecule has 1 aliphatic carbocycles. The number of methoxy groups -OCH3 is 1. The van der Waals surface area contributed by atoms with Gasteiger partial charge in [0.2, 0.25) is 11.8 Å². The summed E-state index contributed by atoms with van der Waals surface area (Å²) in [7, 11) is 1.64. The van der Waals surface area contributed by atoms with Crippen LogP contribution in [-0.4, -0.2) is 41.0 Å². The lowest BCUT2D eigenvalue weighted by atomic mass is 9.97. The van der Waals surface area contributed by atoms with E-state index in [1.165, 1.54) is 0 Å². The van der Waals surface area contributed by atoms with Crippen molar-refractivity contribution in [2.75, 3.05) is 18.6 Å². The van der Waals surface area contributed by atoms with Gasteiger partial charge in [0.15, 0.2) is 0 Å². The Labute approximate surface area is 181 Å². The molecule has 1 fully saturated rings. The molecule has 3 aromatic rings. The largest absolute Gasteiger partial charge is 0.497 e. The van der Waals surface area contributed by atoms with E-state index in [0.29, 0.717) is 0 Å². The highest BCUT2D eigenvalue weighted by Gasteiger charge is 2.39. The van der Waals surface area contributed by atoms with Gasteiger partial charge in [0.1, 0.15) is 18.3 Å². The van der Waals surface area contributed by atoms with Crippen molar-refractivity contribution in [1.29, 1.82) is 0 Å². The Morgan fingerprint density at radius 1 is 1.00 bits per heavy atom. The Morgan fingerprint density at radius 3 is 2.35 bits per heavy atom. The van der Waals surface area contributed by atoms with Crippen molar-refractivity contribution in [3.63, 3.8) is 0 Å². The molecule has 6 nitrogen and oxygen atoms in total. The molecule has 0 N–H and O–H groups in total. The van der Waals surface area contributed by atoms with Crippen LogP contribution in [0.3, 0.4) is 0 Å². The summed E-state index contributed by atoms with van der Waals surface area (Å²) in [4.78, 5) is 29.5. The maximum Gasteiger partial charge on any atom is 0.247 e. The van der Waals surface area contributed by atoms with E-state index in [-0.39, 0.29) is 30.4 Å². The Bertz CT molecular complexity index is 1130. The van der Waals surface area contributed by atoms with Crippen molar-refractivity contribution < 1.29 is 14.3 Å². The summed E-state index contributed by atoms with van der Waals surface area (Å²) in [6.45, 7) is 1.63. The van der Waals surface area contributed by atoms with Crippen molar-refractivity contribution in [3.05, 3.63) is 78.1 Å². The molecule has 2 amide bonds. The van der Waals surface area contributed by atoms with Gasteiger partial charge >= 0.3 is 0 Å². The van der Waals surface area contributed by atoms with Gasteiger partial charge in [0.25, 0.3) is 0 Å². The van der Waals surface area contributed by atoms with Gasteiger partial charge in [-0.25, -0.2) is 0 Å². The van der Waals surface area contributed by atoms with Gasteiger partial charge in [-0.05, 0) is 54.8 Å². The first-order valence-electron chi connectivity index (χ1n) is 10.6. The molecule has 0 bridgehead atoms. The van der Waals surface area contributed by atoms with Gasteiger partial charge in [-0.1, -0.05) is 24.3 Å². The average molecular weight is 415 g/mol. The number of nitrogens with zero attached hydrogens (tertiary/aromatic N) is 3. The van der Waals surface area contributed by atoms with E-state index in [0.717, 1.165) is 41.2 Å². The lowest BCUT2D eigenvalue weighted by Crippen LogP contribution is -2.47. The number of aromatic nitrogens is 1. The number of ether oxygens (including phenoxy) is 1. The normalized spacial score (nSPS) is 17.0. The van der Waals surface area contributed by atoms with Crippen LogP contribution in [0.5, 0.6) is 5.75 Å². The summed E-state index contributed by atoms with van der Waals surface area (Å²) in [6.07, 6.45) is 3.96. The molecule has 0 radical (unpaired) electrons. The second-order valence-electron chi connectivity index (χ2n) is 8.11. The van der Waals surface area contributed by atoms with E-state index in [4.69, 9.17) is 4.74 Å². The van der Waals surface area contributed by atoms with E-state index in [1.54, 1.807) is 18.9 Å². The molecular formula is C25H25N3O3. The molecule has 0 spiro atoms. The summed E-state index contributed by atoms with van der Waals surface area (Å²) < 4.78 is 7.46. The van der Waals surface area contributed by atoms with E-state index < -0.39 is 0 Å². The first-order chi connectivity index (χ1) is 15.1. The predicted octanol–water partition coefficient (Wildman–Crippen LogP) is 3.93. The highest BCUT2D eigenvalue weighted by Crippen LogP contribution is 2.42. The summed E-state index contributed by atoms with van der Waals surface area (Å²) in [5, 5.41) is 0. The first-order valence-corrected chi connectivity index (χ1v) is 10.6. The number of carbonyl (C=O) groups is 2. The minimum atomic E-state index is -0.295. The zero-order valence-corrected chi connectivity index (χ0v) is 17.7. The number of anilines is 1. The lowest BCUT2D eigenvalue weighted by molar-refractivity contribution is -0.134. The summed E-state index contributed by atoms with van der Waals surface area (Å²) in [5.41, 5.74) is 3.81. The fraction of sp³-hybridized carbons (Fsp3) is 0.280. The van der Waals surface area contributed by atoms with E-state index in [9.17, 15) is 9.59 Å². The third kappa shape index (κ3) is 3.38. The van der Waals surface area contributed by atoms with Crippen LogP contribution in [0.2, 0.25) is 0 Å². The standard InChI is InChI=1S/C25H25N3O3/c1-17(29)27(19-11-12-19)16-24(30)28-22-7-4-3-6-21(22)26-15-5-8-23(26)25(28)18-9-13-20(31-2)14-10-18/h3-10,13-15,19,25H,11-12,16H2,1-2H3/t25-/m1/s1. The molecule has 6 heteroatoms. The molecule has 0 saturated heterocycles. The number of benzene rings is 2. The predicted molar refractivity (Wildman–Crippen MR) is 119 cm³/mol. The minimum absolute atomic E-state index is 0.0504. The third-order valence-electron chi connectivity index (χ3n) is 6.12. The molecule has 1 aliphatic heterocycles. The van der Waals surface area contributed by atoms with Crippen LogP contribution in [0.15, 0.2) is 66.9 Å². The van der Waals surface area contributed by atoms with Crippen LogP contribution in [-0.2, 0) is 9.59 Å². The van der Waals surface area contributed by atoms with Crippen LogP contribution in [0.1, 0.15) is 37.1 Å². The fourth-order valence-corrected chi connectivity index (χ4v) is 4.47. The van der Waals surface area contributed by atoms with Gasteiger partial charge in [0, 0.05) is 19.2 Å². The first kappa shape index (κ1) is 19.4. The lowest BCUT2D eigenvalue weighted by Gasteiger charge is -2.39. The van der Waals surface area contributed by atoms with Crippen LogP contribution in [0.25, 0.3) is 5.69 Å². The van der Waals surface area contributed by atoms with E-state index >= 15 is 0 Å². The number of fused-ring (bicyclic) bond motifs is 3. The molecule has 5 rings (SSSR count). The number of hydrogen-bond acceptors (Lipinski definition) is 3. The Balaban J connectivity index is 1.61. The summed E-state index contributed by atoms with van der Waals surface area (Å²) >= 11 is 0. The second kappa shape index (κ2) is 7.61. The van der Waals surface area contributed by atoms with Crippen molar-refractivity contribution in [2.45, 2.75) is 31.8 Å². The van der Waals surface area contributed by atoms with Crippen LogP contribution >= 0.6 is 0 Å². The monoisotopic (exact) mass is 415 g/mol. The molecule has 0 unspecified atom stereocenters. The molecule has 158 valence electrons. The minimum Gasteiger partial charge on any atom is -0.497 e. The smallest absolute Gasteiger partial charge is 0.247 e. The zero-order valence-electron chi connectivity index (χ0n) is 17.7. The summed E-state index contributed by atoms with van der Waals surface area (Å²) in [6, 6.07) is 19.7. The van der Waals surface area contributed by atoms with Crippen molar-refractivity contribution in [2.24, 2.45) is 0 Å². The van der Waals surface area contributed by atoms with Gasteiger partial charge in [-0.3, -0.25) is 14.5 Å². The molecule has 2 heterocycles. The highest BCUT2D eigenvalue weighted by atomic mass is 16.5. The fourth-order valence-electron chi connectivity index (χ4n) is 4.47. The third-order valence-corrected chi connectivity index (χ3v) is 6.12. The Morgan fingerprint density at radius 2 is 1.71 bits per heavy atom. The van der Waals surface area contributed by atoms with Crippen molar-refractivity contribution in [3.8, 4) is 11.4 Å². The molecular weight excluding hydrogens is 390 g/mol. The zero-order chi connectivity index (χ0) is 21.5. The molecule has 2 aliphatic rings.